The average molecular weight is 468 g/mol. The molecule has 35 heavy (non-hydrogen) atoms. The summed E-state index contributed by atoms with van der Waals surface area (Å²) in [5.74, 6) is 0.494. The Labute approximate surface area is 201 Å². The molecule has 7 heteroatoms. The highest BCUT2D eigenvalue weighted by Crippen LogP contribution is 2.30. The summed E-state index contributed by atoms with van der Waals surface area (Å²) in [7, 11) is 0. The van der Waals surface area contributed by atoms with Crippen LogP contribution in [-0.4, -0.2) is 21.5 Å². The van der Waals surface area contributed by atoms with Gasteiger partial charge in [-0.3, -0.25) is 14.2 Å². The fraction of sp³-hybridized carbons (Fsp3) is 0.250. The molecule has 1 aliphatic rings. The molecule has 1 fully saturated rings. The molecule has 0 saturated heterocycles. The zero-order valence-electron chi connectivity index (χ0n) is 19.1. The van der Waals surface area contributed by atoms with E-state index in [1.54, 1.807) is 18.2 Å². The number of hydrogen-bond donors (Lipinski definition) is 1. The van der Waals surface area contributed by atoms with Gasteiger partial charge in [0.1, 0.15) is 11.3 Å². The Morgan fingerprint density at radius 1 is 1.00 bits per heavy atom. The molecule has 1 N–H and O–H groups in total. The monoisotopic (exact) mass is 467 g/mol. The van der Waals surface area contributed by atoms with E-state index in [1.165, 1.54) is 17.3 Å². The lowest BCUT2D eigenvalue weighted by molar-refractivity contribution is -0.124. The highest BCUT2D eigenvalue weighted by atomic mass is 16.3. The maximum Gasteiger partial charge on any atom is 0.281 e. The zero-order valence-corrected chi connectivity index (χ0v) is 19.1. The van der Waals surface area contributed by atoms with Crippen molar-refractivity contribution in [1.29, 1.82) is 0 Å². The van der Waals surface area contributed by atoms with Gasteiger partial charge in [-0.05, 0) is 49.2 Å². The van der Waals surface area contributed by atoms with Gasteiger partial charge in [-0.2, -0.15) is 0 Å². The number of rotatable bonds is 5. The molecule has 6 rings (SSSR count). The summed E-state index contributed by atoms with van der Waals surface area (Å²) < 4.78 is 13.2. The van der Waals surface area contributed by atoms with Crippen molar-refractivity contribution in [2.24, 2.45) is 0 Å². The van der Waals surface area contributed by atoms with Gasteiger partial charge < -0.3 is 14.2 Å². The molecule has 1 atom stereocenters. The van der Waals surface area contributed by atoms with Crippen LogP contribution in [-0.2, 0) is 4.79 Å². The predicted molar refractivity (Wildman–Crippen MR) is 133 cm³/mol. The fourth-order valence-corrected chi connectivity index (χ4v) is 5.02. The first-order valence-electron chi connectivity index (χ1n) is 12.0. The predicted octanol–water partition coefficient (Wildman–Crippen LogP) is 5.44. The number of carbonyl (C=O) groups excluding carboxylic acids is 1. The zero-order chi connectivity index (χ0) is 23.8. The van der Waals surface area contributed by atoms with Gasteiger partial charge in [-0.25, -0.2) is 4.98 Å². The van der Waals surface area contributed by atoms with Crippen LogP contribution >= 0.6 is 0 Å². The molecule has 5 aromatic rings. The van der Waals surface area contributed by atoms with E-state index in [0.29, 0.717) is 28.1 Å². The van der Waals surface area contributed by atoms with Crippen molar-refractivity contribution in [3.05, 3.63) is 89.1 Å². The molecule has 0 spiro atoms. The molecule has 3 heterocycles. The van der Waals surface area contributed by atoms with Crippen LogP contribution in [0, 0.1) is 0 Å². The van der Waals surface area contributed by atoms with Gasteiger partial charge in [0.15, 0.2) is 17.5 Å². The second-order valence-electron chi connectivity index (χ2n) is 9.03. The second-order valence-corrected chi connectivity index (χ2v) is 9.03. The Morgan fingerprint density at radius 3 is 2.60 bits per heavy atom. The third-order valence-corrected chi connectivity index (χ3v) is 6.72. The Balaban J connectivity index is 1.57. The maximum absolute atomic E-state index is 13.9. The minimum Gasteiger partial charge on any atom is -0.463 e. The number of fused-ring (bicyclic) bond motifs is 2. The van der Waals surface area contributed by atoms with E-state index in [1.807, 2.05) is 48.5 Å². The van der Waals surface area contributed by atoms with Gasteiger partial charge in [0.05, 0.1) is 17.3 Å². The van der Waals surface area contributed by atoms with Crippen molar-refractivity contribution in [1.82, 2.24) is 14.9 Å². The van der Waals surface area contributed by atoms with Crippen LogP contribution < -0.4 is 10.9 Å². The SMILES string of the molecule is O=C(NC1CCCCC1)C(c1cc2ccccc2o1)n1c(=O)c(-c2ccco2)nc2ccccc21. The van der Waals surface area contributed by atoms with Gasteiger partial charge in [0.2, 0.25) is 0 Å². The minimum absolute atomic E-state index is 0.0801. The number of furan rings is 2. The van der Waals surface area contributed by atoms with Crippen molar-refractivity contribution in [3.8, 4) is 11.5 Å². The molecule has 2 aromatic carbocycles. The Kier molecular flexibility index (Phi) is 5.45. The van der Waals surface area contributed by atoms with E-state index in [0.717, 1.165) is 31.1 Å². The number of nitrogens with zero attached hydrogens (tertiary/aromatic N) is 2. The van der Waals surface area contributed by atoms with Crippen molar-refractivity contribution in [2.75, 3.05) is 0 Å². The summed E-state index contributed by atoms with van der Waals surface area (Å²) in [6, 6.07) is 19.2. The first-order chi connectivity index (χ1) is 17.2. The highest BCUT2D eigenvalue weighted by Gasteiger charge is 2.32. The van der Waals surface area contributed by atoms with Crippen molar-refractivity contribution < 1.29 is 13.6 Å². The van der Waals surface area contributed by atoms with E-state index in [9.17, 15) is 9.59 Å². The van der Waals surface area contributed by atoms with Crippen LogP contribution in [0.15, 0.2) is 86.6 Å². The van der Waals surface area contributed by atoms with E-state index in [-0.39, 0.29) is 17.6 Å². The topological polar surface area (TPSA) is 90.3 Å². The Morgan fingerprint density at radius 2 is 1.80 bits per heavy atom. The number of hydrogen-bond acceptors (Lipinski definition) is 5. The summed E-state index contributed by atoms with van der Waals surface area (Å²) in [5, 5.41) is 4.07. The molecular formula is C28H25N3O4. The Bertz CT molecular complexity index is 1530. The lowest BCUT2D eigenvalue weighted by Gasteiger charge is -2.26. The molecule has 3 aromatic heterocycles. The van der Waals surface area contributed by atoms with Gasteiger partial charge in [-0.1, -0.05) is 49.6 Å². The smallest absolute Gasteiger partial charge is 0.281 e. The summed E-state index contributed by atoms with van der Waals surface area (Å²) >= 11 is 0. The van der Waals surface area contributed by atoms with Crippen LogP contribution in [0.2, 0.25) is 0 Å². The van der Waals surface area contributed by atoms with Gasteiger partial charge in [0, 0.05) is 11.4 Å². The number of amides is 1. The van der Waals surface area contributed by atoms with Crippen LogP contribution in [0.1, 0.15) is 43.9 Å². The molecule has 0 bridgehead atoms. The lowest BCUT2D eigenvalue weighted by atomic mass is 9.95. The molecular weight excluding hydrogens is 442 g/mol. The number of carbonyl (C=O) groups is 1. The maximum atomic E-state index is 13.9. The first kappa shape index (κ1) is 21.4. The highest BCUT2D eigenvalue weighted by molar-refractivity contribution is 5.88. The molecule has 1 saturated carbocycles. The van der Waals surface area contributed by atoms with Crippen LogP contribution in [0.4, 0.5) is 0 Å². The minimum atomic E-state index is -1.00. The van der Waals surface area contributed by atoms with Gasteiger partial charge in [-0.15, -0.1) is 0 Å². The lowest BCUT2D eigenvalue weighted by Crippen LogP contribution is -2.43. The fourth-order valence-electron chi connectivity index (χ4n) is 5.02. The van der Waals surface area contributed by atoms with Crippen molar-refractivity contribution >= 4 is 27.9 Å². The van der Waals surface area contributed by atoms with Gasteiger partial charge in [0.25, 0.3) is 11.5 Å². The number of benzene rings is 2. The molecule has 7 nitrogen and oxygen atoms in total. The normalized spacial score (nSPS) is 15.4. The largest absolute Gasteiger partial charge is 0.463 e. The van der Waals surface area contributed by atoms with E-state index < -0.39 is 11.6 Å². The quantitative estimate of drug-likeness (QED) is 0.372. The summed E-state index contributed by atoms with van der Waals surface area (Å²) in [6.45, 7) is 0. The van der Waals surface area contributed by atoms with E-state index in [2.05, 4.69) is 10.3 Å². The van der Waals surface area contributed by atoms with E-state index in [4.69, 9.17) is 8.83 Å². The number of aromatic nitrogens is 2. The van der Waals surface area contributed by atoms with Gasteiger partial charge >= 0.3 is 0 Å². The molecule has 1 unspecified atom stereocenters. The molecule has 1 amide bonds. The molecule has 176 valence electrons. The first-order valence-corrected chi connectivity index (χ1v) is 12.0. The molecule has 0 aliphatic heterocycles. The van der Waals surface area contributed by atoms with Crippen LogP contribution in [0.5, 0.6) is 0 Å². The third-order valence-electron chi connectivity index (χ3n) is 6.72. The third kappa shape index (κ3) is 3.93. The van der Waals surface area contributed by atoms with Crippen molar-refractivity contribution in [3.63, 3.8) is 0 Å². The van der Waals surface area contributed by atoms with Crippen LogP contribution in [0.3, 0.4) is 0 Å². The standard InChI is InChI=1S/C28H25N3O4/c32-27(29-19-10-2-1-3-11-19)26(24-17-18-9-4-7-14-22(18)35-24)31-21-13-6-5-12-20(21)30-25(28(31)33)23-15-8-16-34-23/h4-9,12-17,19,26H,1-3,10-11H2,(H,29,32). The van der Waals surface area contributed by atoms with Crippen LogP contribution in [0.25, 0.3) is 33.5 Å². The Hall–Kier alpha value is -4.13. The summed E-state index contributed by atoms with van der Waals surface area (Å²) in [6.07, 6.45) is 6.72. The summed E-state index contributed by atoms with van der Waals surface area (Å²) in [5.41, 5.74) is 1.54. The average Bonchev–Trinajstić information content (AvgIpc) is 3.56. The number of nitrogens with one attached hydrogen (secondary N) is 1. The number of para-hydroxylation sites is 3. The molecule has 1 aliphatic carbocycles. The second kappa shape index (κ2) is 8.91. The molecule has 0 radical (unpaired) electrons. The van der Waals surface area contributed by atoms with E-state index >= 15 is 0 Å². The summed E-state index contributed by atoms with van der Waals surface area (Å²) in [4.78, 5) is 32.4. The van der Waals surface area contributed by atoms with Crippen molar-refractivity contribution in [2.45, 2.75) is 44.2 Å².